The second-order valence-electron chi connectivity index (χ2n) is 8.41. The first-order valence-corrected chi connectivity index (χ1v) is 11.1. The molecule has 1 amide bonds. The highest BCUT2D eigenvalue weighted by Gasteiger charge is 2.30. The molecule has 0 unspecified atom stereocenters. The predicted octanol–water partition coefficient (Wildman–Crippen LogP) is 4.42. The lowest BCUT2D eigenvalue weighted by molar-refractivity contribution is -0.367. The second-order valence-corrected chi connectivity index (χ2v) is 8.41. The fourth-order valence-electron chi connectivity index (χ4n) is 4.37. The number of aryl methyl sites for hydroxylation is 1. The van der Waals surface area contributed by atoms with Gasteiger partial charge in [0, 0.05) is 29.2 Å². The number of nitrogens with one attached hydrogen (secondary N) is 4. The zero-order valence-corrected chi connectivity index (χ0v) is 18.4. The largest absolute Gasteiger partial charge is 0.355 e. The number of hydrogen-bond acceptors (Lipinski definition) is 4. The Balaban J connectivity index is 1.21. The molecule has 1 aliphatic rings. The molecular formula is C25H26FN6O+. The van der Waals surface area contributed by atoms with Crippen molar-refractivity contribution in [2.75, 3.05) is 28.6 Å². The lowest BCUT2D eigenvalue weighted by atomic mass is 9.95. The second kappa shape index (κ2) is 8.90. The molecule has 4 aromatic rings. The van der Waals surface area contributed by atoms with Crippen molar-refractivity contribution in [1.82, 2.24) is 9.97 Å². The molecule has 0 spiro atoms. The van der Waals surface area contributed by atoms with Gasteiger partial charge in [-0.05, 0) is 67.8 Å². The summed E-state index contributed by atoms with van der Waals surface area (Å²) in [7, 11) is 0. The molecule has 8 heteroatoms. The lowest BCUT2D eigenvalue weighted by Crippen LogP contribution is -2.40. The Hall–Kier alpha value is -3.94. The molecule has 1 aliphatic heterocycles. The van der Waals surface area contributed by atoms with E-state index in [0.29, 0.717) is 0 Å². The predicted molar refractivity (Wildman–Crippen MR) is 127 cm³/mol. The van der Waals surface area contributed by atoms with Crippen molar-refractivity contribution in [1.29, 1.82) is 0 Å². The Labute approximate surface area is 191 Å². The quantitative estimate of drug-likeness (QED) is 0.424. The van der Waals surface area contributed by atoms with Crippen LogP contribution in [0, 0.1) is 18.7 Å². The topological polar surface area (TPSA) is 87.2 Å². The van der Waals surface area contributed by atoms with Crippen LogP contribution < -0.4 is 20.5 Å². The van der Waals surface area contributed by atoms with E-state index >= 15 is 0 Å². The molecule has 1 saturated heterocycles. The number of hydrogen-bond donors (Lipinski definition) is 3. The van der Waals surface area contributed by atoms with Gasteiger partial charge in [-0.1, -0.05) is 11.1 Å². The van der Waals surface area contributed by atoms with Crippen LogP contribution in [0.3, 0.4) is 0 Å². The Morgan fingerprint density at radius 2 is 1.88 bits per heavy atom. The fourth-order valence-corrected chi connectivity index (χ4v) is 4.37. The molecule has 168 valence electrons. The number of anilines is 4. The van der Waals surface area contributed by atoms with Gasteiger partial charge in [0.05, 0.1) is 13.1 Å². The number of aromatic amines is 2. The summed E-state index contributed by atoms with van der Waals surface area (Å²) in [4.78, 5) is 26.1. The molecule has 5 rings (SSSR count). The number of carbonyl (C=O) groups is 1. The van der Waals surface area contributed by atoms with Crippen LogP contribution in [0.5, 0.6) is 0 Å². The van der Waals surface area contributed by atoms with Gasteiger partial charge in [0.15, 0.2) is 0 Å². The zero-order chi connectivity index (χ0) is 22.8. The van der Waals surface area contributed by atoms with E-state index in [1.54, 1.807) is 18.5 Å². The average Bonchev–Trinajstić information content (AvgIpc) is 3.22. The summed E-state index contributed by atoms with van der Waals surface area (Å²) in [6, 6.07) is 13.7. The van der Waals surface area contributed by atoms with Gasteiger partial charge in [0.25, 0.3) is 0 Å². The molecule has 2 aromatic carbocycles. The van der Waals surface area contributed by atoms with E-state index in [2.05, 4.69) is 37.4 Å². The minimum atomic E-state index is -0.276. The van der Waals surface area contributed by atoms with Crippen LogP contribution in [0.25, 0.3) is 11.0 Å². The molecule has 0 radical (unpaired) electrons. The van der Waals surface area contributed by atoms with Crippen LogP contribution in [0.4, 0.5) is 27.3 Å². The Kier molecular flexibility index (Phi) is 5.64. The lowest BCUT2D eigenvalue weighted by Gasteiger charge is -2.28. The van der Waals surface area contributed by atoms with Crippen molar-refractivity contribution < 1.29 is 14.2 Å². The third-order valence-corrected chi connectivity index (χ3v) is 6.13. The van der Waals surface area contributed by atoms with Crippen LogP contribution >= 0.6 is 0 Å². The maximum Gasteiger partial charge on any atom is 0.234 e. The monoisotopic (exact) mass is 445 g/mol. The third kappa shape index (κ3) is 4.50. The molecule has 2 aromatic heterocycles. The van der Waals surface area contributed by atoms with E-state index in [1.165, 1.54) is 12.1 Å². The minimum absolute atomic E-state index is 0.0373. The molecule has 33 heavy (non-hydrogen) atoms. The first-order chi connectivity index (χ1) is 16.1. The summed E-state index contributed by atoms with van der Waals surface area (Å²) < 4.78 is 13.1. The van der Waals surface area contributed by atoms with E-state index in [9.17, 15) is 9.18 Å². The van der Waals surface area contributed by atoms with Crippen molar-refractivity contribution >= 4 is 39.8 Å². The summed E-state index contributed by atoms with van der Waals surface area (Å²) in [5.41, 5.74) is 4.37. The summed E-state index contributed by atoms with van der Waals surface area (Å²) in [6.07, 6.45) is 5.23. The maximum absolute atomic E-state index is 13.1. The van der Waals surface area contributed by atoms with Crippen LogP contribution in [-0.2, 0) is 4.79 Å². The highest BCUT2D eigenvalue weighted by molar-refractivity contribution is 5.93. The van der Waals surface area contributed by atoms with Gasteiger partial charge in [0.2, 0.25) is 23.7 Å². The molecule has 1 fully saturated rings. The number of aromatic nitrogens is 3. The van der Waals surface area contributed by atoms with E-state index in [0.717, 1.165) is 65.4 Å². The number of fused-ring (bicyclic) bond motifs is 1. The van der Waals surface area contributed by atoms with E-state index in [-0.39, 0.29) is 17.6 Å². The first-order valence-electron chi connectivity index (χ1n) is 11.1. The summed E-state index contributed by atoms with van der Waals surface area (Å²) in [6.45, 7) is 3.66. The molecule has 3 heterocycles. The van der Waals surface area contributed by atoms with Crippen LogP contribution in [0.2, 0.25) is 0 Å². The normalized spacial score (nSPS) is 14.4. The summed E-state index contributed by atoms with van der Waals surface area (Å²) in [5, 5.41) is 7.39. The van der Waals surface area contributed by atoms with E-state index in [4.69, 9.17) is 0 Å². The molecule has 0 bridgehead atoms. The van der Waals surface area contributed by atoms with Crippen molar-refractivity contribution in [3.63, 3.8) is 0 Å². The molecule has 7 nitrogen and oxygen atoms in total. The standard InChI is InChI=1S/C25H25FN6O/c1-16-14-27-23-22(16)24(29-15-28-23)32-11-9-17(10-12-32)25(33)31-21-4-2-3-20(13-21)30-19-7-5-18(26)6-8-19/h2-8,13-15,17,30H,9-12H2,1H3,(H,31,33)(H,27,28,29)/p+1. The third-order valence-electron chi connectivity index (χ3n) is 6.13. The molecule has 0 saturated carbocycles. The molecule has 0 atom stereocenters. The number of nitrogens with zero attached hydrogens (tertiary/aromatic N) is 2. The highest BCUT2D eigenvalue weighted by Crippen LogP contribution is 2.28. The smallest absolute Gasteiger partial charge is 0.234 e. The number of piperidine rings is 1. The van der Waals surface area contributed by atoms with Crippen LogP contribution in [0.1, 0.15) is 18.4 Å². The zero-order valence-electron chi connectivity index (χ0n) is 18.4. The Morgan fingerprint density at radius 1 is 1.12 bits per heavy atom. The SMILES string of the molecule is Cc1c[nH]c2nc[nH+]c(N3CCC(C(=O)Nc4cccc(Nc5ccc(F)cc5)c4)CC3)c12. The number of amides is 1. The maximum atomic E-state index is 13.1. The van der Waals surface area contributed by atoms with Gasteiger partial charge in [-0.25, -0.2) is 9.37 Å². The molecule has 0 aliphatic carbocycles. The van der Waals surface area contributed by atoms with Crippen molar-refractivity contribution in [2.24, 2.45) is 5.92 Å². The van der Waals surface area contributed by atoms with Crippen molar-refractivity contribution in [2.45, 2.75) is 19.8 Å². The van der Waals surface area contributed by atoms with Gasteiger partial charge in [-0.15, -0.1) is 0 Å². The Morgan fingerprint density at radius 3 is 2.67 bits per heavy atom. The highest BCUT2D eigenvalue weighted by atomic mass is 19.1. The number of rotatable bonds is 5. The van der Waals surface area contributed by atoms with Crippen LogP contribution in [0.15, 0.2) is 61.1 Å². The number of benzene rings is 2. The summed E-state index contributed by atoms with van der Waals surface area (Å²) >= 11 is 0. The Bertz CT molecular complexity index is 1280. The molecular weight excluding hydrogens is 419 g/mol. The number of halogens is 1. The van der Waals surface area contributed by atoms with Crippen molar-refractivity contribution in [3.8, 4) is 0 Å². The van der Waals surface area contributed by atoms with Gasteiger partial charge in [-0.3, -0.25) is 9.69 Å². The van der Waals surface area contributed by atoms with Crippen molar-refractivity contribution in [3.05, 3.63) is 72.4 Å². The number of carbonyl (C=O) groups excluding carboxylic acids is 1. The van der Waals surface area contributed by atoms with Gasteiger partial charge in [0.1, 0.15) is 11.2 Å². The molecule has 4 N–H and O–H groups in total. The first kappa shape index (κ1) is 20.9. The van der Waals surface area contributed by atoms with Crippen LogP contribution in [-0.4, -0.2) is 29.0 Å². The summed E-state index contributed by atoms with van der Waals surface area (Å²) in [5.74, 6) is 0.772. The number of H-pyrrole nitrogens is 2. The van der Waals surface area contributed by atoms with Gasteiger partial charge >= 0.3 is 0 Å². The minimum Gasteiger partial charge on any atom is -0.355 e. The average molecular weight is 446 g/mol. The fraction of sp³-hybridized carbons (Fsp3) is 0.240. The van der Waals surface area contributed by atoms with Gasteiger partial charge < -0.3 is 15.6 Å². The van der Waals surface area contributed by atoms with Gasteiger partial charge in [-0.2, -0.15) is 0 Å². The van der Waals surface area contributed by atoms with E-state index in [1.807, 2.05) is 30.5 Å². The van der Waals surface area contributed by atoms with E-state index < -0.39 is 0 Å².